The molecule has 1 aliphatic carbocycles. The molecule has 10 heteroatoms. The monoisotopic (exact) mass is 500 g/mol. The average Bonchev–Trinajstić information content (AvgIpc) is 3.44. The Morgan fingerprint density at radius 1 is 1.19 bits per heavy atom. The molecule has 2 N–H and O–H groups in total. The van der Waals surface area contributed by atoms with E-state index in [2.05, 4.69) is 60.1 Å². The van der Waals surface area contributed by atoms with Crippen LogP contribution >= 0.6 is 0 Å². The molecule has 0 radical (unpaired) electrons. The van der Waals surface area contributed by atoms with E-state index in [4.69, 9.17) is 4.52 Å². The third kappa shape index (κ3) is 4.81. The molecular formula is C27H32N8O2. The highest BCUT2D eigenvalue weighted by molar-refractivity contribution is 5.82. The van der Waals surface area contributed by atoms with Crippen molar-refractivity contribution < 1.29 is 9.32 Å². The Balaban J connectivity index is 1.13. The van der Waals surface area contributed by atoms with Crippen molar-refractivity contribution in [1.82, 2.24) is 34.9 Å². The summed E-state index contributed by atoms with van der Waals surface area (Å²) in [6.07, 6.45) is 5.11. The van der Waals surface area contributed by atoms with E-state index in [1.54, 1.807) is 6.92 Å². The lowest BCUT2D eigenvalue weighted by Crippen LogP contribution is -2.61. The first kappa shape index (κ1) is 23.6. The van der Waals surface area contributed by atoms with E-state index in [1.807, 2.05) is 30.5 Å². The molecule has 37 heavy (non-hydrogen) atoms. The summed E-state index contributed by atoms with van der Waals surface area (Å²) in [5, 5.41) is 7.17. The molecule has 1 aliphatic heterocycles. The normalized spacial score (nSPS) is 18.2. The first-order valence-corrected chi connectivity index (χ1v) is 12.9. The van der Waals surface area contributed by atoms with Gasteiger partial charge in [-0.1, -0.05) is 11.6 Å². The molecule has 0 spiro atoms. The Morgan fingerprint density at radius 2 is 2.05 bits per heavy atom. The van der Waals surface area contributed by atoms with E-state index in [9.17, 15) is 4.79 Å². The van der Waals surface area contributed by atoms with E-state index >= 15 is 0 Å². The van der Waals surface area contributed by atoms with Gasteiger partial charge in [0.1, 0.15) is 5.82 Å². The minimum absolute atomic E-state index is 0.0954. The van der Waals surface area contributed by atoms with Crippen LogP contribution < -0.4 is 5.32 Å². The van der Waals surface area contributed by atoms with Gasteiger partial charge in [0.05, 0.1) is 11.0 Å². The molecule has 0 unspecified atom stereocenters. The number of hydrogen-bond acceptors (Lipinski definition) is 8. The lowest BCUT2D eigenvalue weighted by atomic mass is 9.83. The van der Waals surface area contributed by atoms with Gasteiger partial charge in [-0.3, -0.25) is 9.69 Å². The van der Waals surface area contributed by atoms with Gasteiger partial charge >= 0.3 is 0 Å². The molecule has 1 saturated carbocycles. The third-order valence-corrected chi connectivity index (χ3v) is 7.54. The summed E-state index contributed by atoms with van der Waals surface area (Å²) in [5.74, 6) is 3.01. The van der Waals surface area contributed by atoms with E-state index in [0.29, 0.717) is 23.6 Å². The highest BCUT2D eigenvalue weighted by atomic mass is 16.5. The van der Waals surface area contributed by atoms with Crippen molar-refractivity contribution in [2.75, 3.05) is 25.0 Å². The lowest BCUT2D eigenvalue weighted by molar-refractivity contribution is -0.143. The van der Waals surface area contributed by atoms with Gasteiger partial charge in [0.15, 0.2) is 5.82 Å². The van der Waals surface area contributed by atoms with Crippen LogP contribution in [0.15, 0.2) is 41.1 Å². The molecular weight excluding hydrogens is 468 g/mol. The number of carbonyl (C=O) groups is 1. The van der Waals surface area contributed by atoms with Crippen molar-refractivity contribution in [2.24, 2.45) is 5.92 Å². The third-order valence-electron chi connectivity index (χ3n) is 7.54. The summed E-state index contributed by atoms with van der Waals surface area (Å²) in [5.41, 5.74) is 3.59. The van der Waals surface area contributed by atoms with Gasteiger partial charge in [0, 0.05) is 49.4 Å². The fourth-order valence-electron chi connectivity index (χ4n) is 5.18. The minimum atomic E-state index is -0.0954. The Bertz CT molecular complexity index is 1440. The Labute approximate surface area is 215 Å². The average molecular weight is 501 g/mol. The maximum absolute atomic E-state index is 12.8. The number of fused-ring (bicyclic) bond motifs is 1. The molecule has 3 aromatic heterocycles. The van der Waals surface area contributed by atoms with Gasteiger partial charge in [-0.05, 0) is 69.5 Å². The summed E-state index contributed by atoms with van der Waals surface area (Å²) in [6.45, 7) is 9.47. The van der Waals surface area contributed by atoms with Crippen molar-refractivity contribution in [3.8, 4) is 11.5 Å². The summed E-state index contributed by atoms with van der Waals surface area (Å²) in [4.78, 5) is 34.1. The second kappa shape index (κ2) is 9.26. The summed E-state index contributed by atoms with van der Waals surface area (Å²) in [6, 6.07) is 9.89. The number of nitrogens with zero attached hydrogens (tertiary/aromatic N) is 6. The number of imidazole rings is 1. The van der Waals surface area contributed by atoms with Crippen molar-refractivity contribution in [1.29, 1.82) is 0 Å². The molecule has 192 valence electrons. The number of aromatic nitrogens is 5. The van der Waals surface area contributed by atoms with Gasteiger partial charge in [0.2, 0.25) is 11.9 Å². The quantitative estimate of drug-likeness (QED) is 0.403. The highest BCUT2D eigenvalue weighted by Crippen LogP contribution is 2.31. The number of rotatable bonds is 6. The number of anilines is 2. The van der Waals surface area contributed by atoms with Crippen LogP contribution in [-0.4, -0.2) is 66.0 Å². The van der Waals surface area contributed by atoms with Crippen molar-refractivity contribution in [3.63, 3.8) is 0 Å². The van der Waals surface area contributed by atoms with Gasteiger partial charge < -0.3 is 19.7 Å². The SMILES string of the molecule is Cc1noc(-c2ccc3nc(Nc4cc(CN5CCN(C(=O)C6CCC6)CC5(C)C)ccn4)[nH]c3c2)n1. The molecule has 6 rings (SSSR count). The number of H-pyrrole nitrogens is 1. The van der Waals surface area contributed by atoms with Crippen molar-refractivity contribution in [3.05, 3.63) is 47.9 Å². The number of aromatic amines is 1. The number of amides is 1. The number of aryl methyl sites for hydroxylation is 1. The Hall–Kier alpha value is -3.79. The largest absolute Gasteiger partial charge is 0.339 e. The maximum atomic E-state index is 12.8. The van der Waals surface area contributed by atoms with E-state index in [0.717, 1.165) is 67.0 Å². The zero-order valence-corrected chi connectivity index (χ0v) is 21.5. The molecule has 10 nitrogen and oxygen atoms in total. The highest BCUT2D eigenvalue weighted by Gasteiger charge is 2.38. The Kier molecular flexibility index (Phi) is 5.91. The van der Waals surface area contributed by atoms with Crippen LogP contribution in [0.4, 0.5) is 11.8 Å². The van der Waals surface area contributed by atoms with Crippen LogP contribution in [0.1, 0.15) is 44.5 Å². The van der Waals surface area contributed by atoms with E-state index in [1.165, 1.54) is 6.42 Å². The van der Waals surface area contributed by atoms with Gasteiger partial charge in [0.25, 0.3) is 5.89 Å². The zero-order valence-electron chi connectivity index (χ0n) is 21.5. The van der Waals surface area contributed by atoms with Crippen LogP contribution in [-0.2, 0) is 11.3 Å². The second-order valence-corrected chi connectivity index (χ2v) is 10.8. The fourth-order valence-corrected chi connectivity index (χ4v) is 5.18. The smallest absolute Gasteiger partial charge is 0.257 e. The molecule has 4 aromatic rings. The molecule has 2 aliphatic rings. The summed E-state index contributed by atoms with van der Waals surface area (Å²) in [7, 11) is 0. The van der Waals surface area contributed by atoms with Crippen LogP contribution in [0.25, 0.3) is 22.5 Å². The van der Waals surface area contributed by atoms with Crippen LogP contribution in [0.2, 0.25) is 0 Å². The fraction of sp³-hybridized carbons (Fsp3) is 0.444. The minimum Gasteiger partial charge on any atom is -0.339 e. The molecule has 2 fully saturated rings. The van der Waals surface area contributed by atoms with Crippen LogP contribution in [0.3, 0.4) is 0 Å². The van der Waals surface area contributed by atoms with Gasteiger partial charge in [-0.25, -0.2) is 9.97 Å². The predicted octanol–water partition coefficient (Wildman–Crippen LogP) is 4.28. The van der Waals surface area contributed by atoms with E-state index in [-0.39, 0.29) is 11.5 Å². The first-order valence-electron chi connectivity index (χ1n) is 12.9. The molecule has 1 amide bonds. The molecule has 4 heterocycles. The topological polar surface area (TPSA) is 116 Å². The number of nitrogens with one attached hydrogen (secondary N) is 2. The van der Waals surface area contributed by atoms with Crippen molar-refractivity contribution in [2.45, 2.75) is 52.1 Å². The maximum Gasteiger partial charge on any atom is 0.257 e. The van der Waals surface area contributed by atoms with Crippen LogP contribution in [0.5, 0.6) is 0 Å². The molecule has 0 bridgehead atoms. The van der Waals surface area contributed by atoms with Crippen LogP contribution in [0, 0.1) is 12.8 Å². The molecule has 0 atom stereocenters. The summed E-state index contributed by atoms with van der Waals surface area (Å²) >= 11 is 0. The van der Waals surface area contributed by atoms with Gasteiger partial charge in [-0.15, -0.1) is 0 Å². The second-order valence-electron chi connectivity index (χ2n) is 10.8. The first-order chi connectivity index (χ1) is 17.8. The number of benzene rings is 1. The number of piperazine rings is 1. The number of carbonyl (C=O) groups excluding carboxylic acids is 1. The molecule has 1 aromatic carbocycles. The number of pyridine rings is 1. The predicted molar refractivity (Wildman–Crippen MR) is 140 cm³/mol. The van der Waals surface area contributed by atoms with E-state index < -0.39 is 0 Å². The Morgan fingerprint density at radius 3 is 2.78 bits per heavy atom. The van der Waals surface area contributed by atoms with Crippen molar-refractivity contribution >= 4 is 28.7 Å². The standard InChI is InChI=1S/C27H32N8O2/c1-17-29-24(37-33-17)20-7-8-21-22(14-20)31-26(30-21)32-23-13-18(9-10-28-23)15-35-12-11-34(16-27(35,2)3)25(36)19-5-4-6-19/h7-10,13-14,19H,4-6,11-12,15-16H2,1-3H3,(H2,28,30,31,32). The lowest BCUT2D eigenvalue weighted by Gasteiger charge is -2.48. The van der Waals surface area contributed by atoms with Gasteiger partial charge in [-0.2, -0.15) is 4.98 Å². The molecule has 1 saturated heterocycles. The zero-order chi connectivity index (χ0) is 25.6. The summed E-state index contributed by atoms with van der Waals surface area (Å²) < 4.78 is 5.28. The number of hydrogen-bond donors (Lipinski definition) is 2.